The molecular weight excluding hydrogens is 356 g/mol. The van der Waals surface area contributed by atoms with Gasteiger partial charge in [-0.1, -0.05) is 11.9 Å². The van der Waals surface area contributed by atoms with Crippen molar-refractivity contribution in [1.82, 2.24) is 14.6 Å². The molecule has 0 aromatic carbocycles. The van der Waals surface area contributed by atoms with Crippen LogP contribution in [0, 0.1) is 5.92 Å². The summed E-state index contributed by atoms with van der Waals surface area (Å²) in [5, 5.41) is 3.68. The lowest BCUT2D eigenvalue weighted by atomic mass is 10.1. The van der Waals surface area contributed by atoms with Crippen molar-refractivity contribution in [1.29, 1.82) is 0 Å². The maximum atomic E-state index is 12.3. The summed E-state index contributed by atoms with van der Waals surface area (Å²) in [6, 6.07) is 0. The average Bonchev–Trinajstić information content (AvgIpc) is 3.10. The first-order valence-electron chi connectivity index (χ1n) is 8.75. The van der Waals surface area contributed by atoms with Crippen molar-refractivity contribution in [2.45, 2.75) is 31.4 Å². The van der Waals surface area contributed by atoms with Crippen LogP contribution < -0.4 is 4.72 Å². The predicted octanol–water partition coefficient (Wildman–Crippen LogP) is 2.44. The van der Waals surface area contributed by atoms with Gasteiger partial charge in [-0.2, -0.15) is 0 Å². The molecule has 2 aliphatic heterocycles. The van der Waals surface area contributed by atoms with Crippen LogP contribution in [-0.2, 0) is 9.53 Å². The Bertz CT molecular complexity index is 698. The highest BCUT2D eigenvalue weighted by atomic mass is 32.2. The fourth-order valence-electron chi connectivity index (χ4n) is 3.17. The van der Waals surface area contributed by atoms with Gasteiger partial charge < -0.3 is 9.64 Å². The number of fused-ring (bicyclic) bond motifs is 1. The van der Waals surface area contributed by atoms with E-state index in [4.69, 9.17) is 4.74 Å². The molecule has 1 N–H and O–H groups in total. The molecule has 0 spiro atoms. The first-order valence-corrected chi connectivity index (χ1v) is 10.5. The first-order chi connectivity index (χ1) is 12.3. The van der Waals surface area contributed by atoms with E-state index in [0.717, 1.165) is 41.3 Å². The molecule has 8 heteroatoms. The van der Waals surface area contributed by atoms with Crippen molar-refractivity contribution < 1.29 is 9.53 Å². The Morgan fingerprint density at radius 1 is 1.52 bits per heavy atom. The number of nitrogens with one attached hydrogen (secondary N) is 1. The van der Waals surface area contributed by atoms with Crippen LogP contribution in [0.4, 0.5) is 0 Å². The van der Waals surface area contributed by atoms with Gasteiger partial charge in [0.05, 0.1) is 18.7 Å². The van der Waals surface area contributed by atoms with Crippen molar-refractivity contribution >= 4 is 35.1 Å². The molecule has 1 aromatic heterocycles. The quantitative estimate of drug-likeness (QED) is 0.581. The number of ether oxygens (including phenoxy) is 1. The van der Waals surface area contributed by atoms with Gasteiger partial charge in [-0.25, -0.2) is 9.78 Å². The van der Waals surface area contributed by atoms with Gasteiger partial charge in [0.25, 0.3) is 0 Å². The third-order valence-corrected chi connectivity index (χ3v) is 6.44. The van der Waals surface area contributed by atoms with Crippen LogP contribution in [0.5, 0.6) is 0 Å². The molecule has 3 aliphatic rings. The smallest absolute Gasteiger partial charge is 0.337 e. The van der Waals surface area contributed by atoms with Gasteiger partial charge in [0.2, 0.25) is 0 Å². The van der Waals surface area contributed by atoms with Gasteiger partial charge in [-0.15, -0.1) is 11.3 Å². The second-order valence-electron chi connectivity index (χ2n) is 6.47. The summed E-state index contributed by atoms with van der Waals surface area (Å²) < 4.78 is 8.76. The van der Waals surface area contributed by atoms with E-state index >= 15 is 0 Å². The Kier molecular flexibility index (Phi) is 5.10. The van der Waals surface area contributed by atoms with Crippen LogP contribution in [0.1, 0.15) is 31.2 Å². The second-order valence-corrected chi connectivity index (χ2v) is 8.55. The van der Waals surface area contributed by atoms with Gasteiger partial charge in [0, 0.05) is 35.6 Å². The zero-order chi connectivity index (χ0) is 17.2. The monoisotopic (exact) mass is 378 g/mol. The number of allylic oxidation sites excluding steroid dienone is 1. The number of carbonyl (C=O) groups is 1. The van der Waals surface area contributed by atoms with Crippen molar-refractivity contribution in [3.63, 3.8) is 0 Å². The molecule has 6 nitrogen and oxygen atoms in total. The molecule has 1 atom stereocenters. The molecule has 0 radical (unpaired) electrons. The van der Waals surface area contributed by atoms with Crippen LogP contribution in [0.15, 0.2) is 27.8 Å². The van der Waals surface area contributed by atoms with Gasteiger partial charge in [0.1, 0.15) is 0 Å². The van der Waals surface area contributed by atoms with E-state index in [1.165, 1.54) is 12.8 Å². The fourth-order valence-corrected chi connectivity index (χ4v) is 4.76. The van der Waals surface area contributed by atoms with Crippen LogP contribution in [0.2, 0.25) is 0 Å². The topological polar surface area (TPSA) is 66.8 Å². The Morgan fingerprint density at radius 3 is 3.12 bits per heavy atom. The maximum Gasteiger partial charge on any atom is 0.337 e. The van der Waals surface area contributed by atoms with Crippen LogP contribution in [-0.4, -0.2) is 53.2 Å². The summed E-state index contributed by atoms with van der Waals surface area (Å²) in [7, 11) is 0. The number of aliphatic imine (C=N–C) groups is 1. The van der Waals surface area contributed by atoms with Crippen molar-refractivity contribution in [2.24, 2.45) is 10.9 Å². The molecule has 4 rings (SSSR count). The highest BCUT2D eigenvalue weighted by Gasteiger charge is 2.37. The summed E-state index contributed by atoms with van der Waals surface area (Å²) in [4.78, 5) is 23.6. The van der Waals surface area contributed by atoms with Gasteiger partial charge in [-0.05, 0) is 32.1 Å². The number of thiazole rings is 1. The van der Waals surface area contributed by atoms with Gasteiger partial charge >= 0.3 is 5.97 Å². The van der Waals surface area contributed by atoms with E-state index < -0.39 is 0 Å². The van der Waals surface area contributed by atoms with Crippen LogP contribution >= 0.6 is 23.3 Å². The largest absolute Gasteiger partial charge is 0.463 e. The fraction of sp³-hybridized carbons (Fsp3) is 0.588. The molecular formula is C17H22N4O2S2. The number of carbonyl (C=O) groups excluding carboxylic acids is 1. The molecule has 1 saturated heterocycles. The molecule has 2 fully saturated rings. The Labute approximate surface area is 155 Å². The molecule has 1 aromatic rings. The number of aromatic nitrogens is 1. The van der Waals surface area contributed by atoms with Crippen LogP contribution in [0.25, 0.3) is 0 Å². The number of hydrogen-bond acceptors (Lipinski definition) is 8. The predicted molar refractivity (Wildman–Crippen MR) is 101 cm³/mol. The Balaban J connectivity index is 1.52. The summed E-state index contributed by atoms with van der Waals surface area (Å²) >= 11 is 3.45. The van der Waals surface area contributed by atoms with E-state index in [0.29, 0.717) is 24.6 Å². The molecule has 0 amide bonds. The van der Waals surface area contributed by atoms with Gasteiger partial charge in [-0.3, -0.25) is 9.71 Å². The molecule has 1 saturated carbocycles. The second kappa shape index (κ2) is 7.47. The lowest BCUT2D eigenvalue weighted by Crippen LogP contribution is -2.34. The average molecular weight is 379 g/mol. The van der Waals surface area contributed by atoms with Crippen molar-refractivity contribution in [3.05, 3.63) is 27.9 Å². The minimum Gasteiger partial charge on any atom is -0.463 e. The Morgan fingerprint density at radius 2 is 2.40 bits per heavy atom. The lowest BCUT2D eigenvalue weighted by molar-refractivity contribution is -0.138. The minimum atomic E-state index is -0.231. The normalized spacial score (nSPS) is 22.8. The van der Waals surface area contributed by atoms with E-state index in [1.54, 1.807) is 17.5 Å². The standard InChI is InChI=1S/C17H22N4O2S2/c1-2-23-17(22)13-9-19-15(16-18-5-6-24-16)21-10-11(7-14(13)21)8-20-25-12-3-4-12/h5-6,11-12,20H,2-4,7-10H2,1H3. The summed E-state index contributed by atoms with van der Waals surface area (Å²) in [5.74, 6) is 1.13. The highest BCUT2D eigenvalue weighted by Crippen LogP contribution is 2.36. The van der Waals surface area contributed by atoms with E-state index in [-0.39, 0.29) is 5.97 Å². The molecule has 25 heavy (non-hydrogen) atoms. The zero-order valence-corrected chi connectivity index (χ0v) is 15.9. The summed E-state index contributed by atoms with van der Waals surface area (Å²) in [6.07, 6.45) is 5.34. The molecule has 3 heterocycles. The zero-order valence-electron chi connectivity index (χ0n) is 14.2. The lowest BCUT2D eigenvalue weighted by Gasteiger charge is -2.26. The maximum absolute atomic E-state index is 12.3. The number of amidine groups is 1. The third kappa shape index (κ3) is 3.75. The first kappa shape index (κ1) is 17.1. The number of rotatable bonds is 7. The third-order valence-electron chi connectivity index (χ3n) is 4.53. The molecule has 1 unspecified atom stereocenters. The molecule has 134 valence electrons. The van der Waals surface area contributed by atoms with Crippen molar-refractivity contribution in [3.8, 4) is 0 Å². The van der Waals surface area contributed by atoms with Crippen molar-refractivity contribution in [2.75, 3.05) is 26.2 Å². The Hall–Kier alpha value is -1.38. The van der Waals surface area contributed by atoms with Gasteiger partial charge in [0.15, 0.2) is 10.8 Å². The number of hydrogen-bond donors (Lipinski definition) is 1. The van der Waals surface area contributed by atoms with Crippen LogP contribution in [0.3, 0.4) is 0 Å². The highest BCUT2D eigenvalue weighted by molar-refractivity contribution is 7.98. The number of nitrogens with zero attached hydrogens (tertiary/aromatic N) is 3. The van der Waals surface area contributed by atoms with E-state index in [1.807, 2.05) is 24.3 Å². The molecule has 1 aliphatic carbocycles. The van der Waals surface area contributed by atoms with E-state index in [2.05, 4.69) is 19.6 Å². The summed E-state index contributed by atoms with van der Waals surface area (Å²) in [6.45, 7) is 4.43. The minimum absolute atomic E-state index is 0.231. The number of esters is 1. The summed E-state index contributed by atoms with van der Waals surface area (Å²) in [5.41, 5.74) is 1.78. The molecule has 0 bridgehead atoms. The van der Waals surface area contributed by atoms with E-state index in [9.17, 15) is 4.79 Å². The SMILES string of the molecule is CCOC(=O)C1=C2CC(CNSC3CC3)CN2C(c2nccs2)=NC1.